The zero-order chi connectivity index (χ0) is 17.1. The molecule has 1 fully saturated rings. The van der Waals surface area contributed by atoms with Crippen LogP contribution in [0.5, 0.6) is 0 Å². The average molecular weight is 328 g/mol. The van der Waals surface area contributed by atoms with Crippen molar-refractivity contribution >= 4 is 11.7 Å². The van der Waals surface area contributed by atoms with Gasteiger partial charge in [0.15, 0.2) is 0 Å². The fourth-order valence-electron chi connectivity index (χ4n) is 3.12. The van der Waals surface area contributed by atoms with Gasteiger partial charge in [0.25, 0.3) is 0 Å². The molecule has 6 heteroatoms. The highest BCUT2D eigenvalue weighted by atomic mass is 16.5. The minimum Gasteiger partial charge on any atom is -0.375 e. The molecule has 1 amide bonds. The molecular weight excluding hydrogens is 304 g/mol. The number of carbonyl (C=O) groups excluding carboxylic acids is 1. The molecule has 128 valence electrons. The number of anilines is 1. The third-order valence-corrected chi connectivity index (χ3v) is 4.27. The summed E-state index contributed by atoms with van der Waals surface area (Å²) in [5, 5.41) is 7.20. The lowest BCUT2D eigenvalue weighted by Gasteiger charge is -2.38. The Labute approximate surface area is 142 Å². The van der Waals surface area contributed by atoms with Crippen molar-refractivity contribution in [1.82, 2.24) is 14.7 Å². The van der Waals surface area contributed by atoms with Gasteiger partial charge < -0.3 is 10.1 Å². The Kier molecular flexibility index (Phi) is 4.97. The Balaban J connectivity index is 1.70. The number of morpholine rings is 1. The summed E-state index contributed by atoms with van der Waals surface area (Å²) in [6, 6.07) is 12.2. The van der Waals surface area contributed by atoms with Crippen molar-refractivity contribution in [3.05, 3.63) is 47.7 Å². The second kappa shape index (κ2) is 7.15. The van der Waals surface area contributed by atoms with Crippen LogP contribution in [0.1, 0.15) is 24.2 Å². The molecule has 0 bridgehead atoms. The maximum atomic E-state index is 12.5. The van der Waals surface area contributed by atoms with E-state index in [4.69, 9.17) is 4.74 Å². The van der Waals surface area contributed by atoms with E-state index in [1.807, 2.05) is 45.2 Å². The van der Waals surface area contributed by atoms with Gasteiger partial charge in [-0.1, -0.05) is 30.3 Å². The summed E-state index contributed by atoms with van der Waals surface area (Å²) >= 11 is 0. The fraction of sp³-hybridized carbons (Fsp3) is 0.444. The summed E-state index contributed by atoms with van der Waals surface area (Å²) in [4.78, 5) is 14.7. The van der Waals surface area contributed by atoms with E-state index in [1.165, 1.54) is 5.56 Å². The monoisotopic (exact) mass is 328 g/mol. The molecule has 2 heterocycles. The molecule has 1 saturated heterocycles. The van der Waals surface area contributed by atoms with Crippen molar-refractivity contribution < 1.29 is 9.53 Å². The lowest BCUT2D eigenvalue weighted by molar-refractivity contribution is -0.121. The zero-order valence-corrected chi connectivity index (χ0v) is 14.4. The number of benzene rings is 1. The maximum Gasteiger partial charge on any atom is 0.239 e. The van der Waals surface area contributed by atoms with Gasteiger partial charge in [-0.3, -0.25) is 14.4 Å². The topological polar surface area (TPSA) is 59.4 Å². The lowest BCUT2D eigenvalue weighted by Crippen LogP contribution is -2.46. The van der Waals surface area contributed by atoms with Crippen LogP contribution in [0.4, 0.5) is 5.82 Å². The minimum absolute atomic E-state index is 0.0342. The van der Waals surface area contributed by atoms with Crippen LogP contribution in [-0.2, 0) is 16.6 Å². The van der Waals surface area contributed by atoms with Gasteiger partial charge in [-0.2, -0.15) is 5.10 Å². The molecule has 0 spiro atoms. The molecule has 0 saturated carbocycles. The first kappa shape index (κ1) is 16.7. The highest BCUT2D eigenvalue weighted by molar-refractivity contribution is 5.91. The first-order valence-corrected chi connectivity index (χ1v) is 8.24. The van der Waals surface area contributed by atoms with Crippen LogP contribution in [0.3, 0.4) is 0 Å². The third kappa shape index (κ3) is 3.83. The van der Waals surface area contributed by atoms with Gasteiger partial charge in [0.1, 0.15) is 5.82 Å². The van der Waals surface area contributed by atoms with E-state index < -0.39 is 0 Å². The number of nitrogens with one attached hydrogen (secondary N) is 1. The zero-order valence-electron chi connectivity index (χ0n) is 14.4. The van der Waals surface area contributed by atoms with Gasteiger partial charge in [-0.15, -0.1) is 0 Å². The van der Waals surface area contributed by atoms with Gasteiger partial charge in [0.05, 0.1) is 31.0 Å². The first-order chi connectivity index (χ1) is 11.5. The molecule has 0 unspecified atom stereocenters. The molecule has 1 aromatic carbocycles. The number of rotatable bonds is 4. The third-order valence-electron chi connectivity index (χ3n) is 4.27. The fourth-order valence-corrected chi connectivity index (χ4v) is 3.12. The van der Waals surface area contributed by atoms with E-state index in [0.717, 1.165) is 18.1 Å². The number of hydrogen-bond acceptors (Lipinski definition) is 4. The maximum absolute atomic E-state index is 12.5. The molecule has 6 nitrogen and oxygen atoms in total. The SMILES string of the molecule is Cc1cc(NC(=O)CN2C[C@@H](C)OC[C@H]2c2ccccc2)n(C)n1. The van der Waals surface area contributed by atoms with Crippen LogP contribution in [0.15, 0.2) is 36.4 Å². The molecule has 1 aromatic heterocycles. The molecule has 3 rings (SSSR count). The Bertz CT molecular complexity index is 698. The summed E-state index contributed by atoms with van der Waals surface area (Å²) < 4.78 is 7.49. The predicted molar refractivity (Wildman–Crippen MR) is 92.7 cm³/mol. The second-order valence-corrected chi connectivity index (χ2v) is 6.34. The highest BCUT2D eigenvalue weighted by Gasteiger charge is 2.29. The van der Waals surface area contributed by atoms with E-state index in [1.54, 1.807) is 4.68 Å². The summed E-state index contributed by atoms with van der Waals surface area (Å²) in [6.45, 7) is 5.61. The number of hydrogen-bond donors (Lipinski definition) is 1. The van der Waals surface area contributed by atoms with Crippen LogP contribution < -0.4 is 5.32 Å². The van der Waals surface area contributed by atoms with Gasteiger partial charge >= 0.3 is 0 Å². The van der Waals surface area contributed by atoms with E-state index in [9.17, 15) is 4.79 Å². The van der Waals surface area contributed by atoms with Crippen molar-refractivity contribution in [2.75, 3.05) is 25.0 Å². The number of aryl methyl sites for hydroxylation is 2. The van der Waals surface area contributed by atoms with Crippen LogP contribution >= 0.6 is 0 Å². The number of ether oxygens (including phenoxy) is 1. The standard InChI is InChI=1S/C18H24N4O2/c1-13-9-17(21(3)20-13)19-18(23)11-22-10-14(2)24-12-16(22)15-7-5-4-6-8-15/h4-9,14,16H,10-12H2,1-3H3,(H,19,23)/t14-,16+/m1/s1. The quantitative estimate of drug-likeness (QED) is 0.934. The normalized spacial score (nSPS) is 21.6. The van der Waals surface area contributed by atoms with Crippen molar-refractivity contribution in [2.45, 2.75) is 26.0 Å². The number of nitrogens with zero attached hydrogens (tertiary/aromatic N) is 3. The molecule has 2 aromatic rings. The van der Waals surface area contributed by atoms with Gasteiger partial charge in [0, 0.05) is 19.7 Å². The Morgan fingerprint density at radius 2 is 2.12 bits per heavy atom. The Hall–Kier alpha value is -2.18. The second-order valence-electron chi connectivity index (χ2n) is 6.34. The van der Waals surface area contributed by atoms with Crippen LogP contribution in [0.25, 0.3) is 0 Å². The number of amides is 1. The largest absolute Gasteiger partial charge is 0.375 e. The molecule has 1 aliphatic rings. The Morgan fingerprint density at radius 3 is 2.79 bits per heavy atom. The average Bonchev–Trinajstić information content (AvgIpc) is 2.85. The van der Waals surface area contributed by atoms with Crippen LogP contribution in [0, 0.1) is 6.92 Å². The van der Waals surface area contributed by atoms with E-state index in [0.29, 0.717) is 13.2 Å². The lowest BCUT2D eigenvalue weighted by atomic mass is 10.0. The van der Waals surface area contributed by atoms with E-state index in [2.05, 4.69) is 27.4 Å². The van der Waals surface area contributed by atoms with Crippen molar-refractivity contribution in [3.63, 3.8) is 0 Å². The van der Waals surface area contributed by atoms with E-state index >= 15 is 0 Å². The first-order valence-electron chi connectivity index (χ1n) is 8.24. The smallest absolute Gasteiger partial charge is 0.239 e. The van der Waals surface area contributed by atoms with Gasteiger partial charge in [-0.25, -0.2) is 0 Å². The van der Waals surface area contributed by atoms with Crippen LogP contribution in [0.2, 0.25) is 0 Å². The van der Waals surface area contributed by atoms with Gasteiger partial charge in [0.2, 0.25) is 5.91 Å². The predicted octanol–water partition coefficient (Wildman–Crippen LogP) is 2.13. The molecular formula is C18H24N4O2. The van der Waals surface area contributed by atoms with Gasteiger partial charge in [-0.05, 0) is 19.4 Å². The Morgan fingerprint density at radius 1 is 1.38 bits per heavy atom. The molecule has 1 aliphatic heterocycles. The van der Waals surface area contributed by atoms with Crippen molar-refractivity contribution in [3.8, 4) is 0 Å². The molecule has 2 atom stereocenters. The summed E-state index contributed by atoms with van der Waals surface area (Å²) in [7, 11) is 1.83. The molecule has 0 aliphatic carbocycles. The summed E-state index contributed by atoms with van der Waals surface area (Å²) in [5.41, 5.74) is 2.06. The molecule has 24 heavy (non-hydrogen) atoms. The highest BCUT2D eigenvalue weighted by Crippen LogP contribution is 2.26. The van der Waals surface area contributed by atoms with Crippen molar-refractivity contribution in [1.29, 1.82) is 0 Å². The van der Waals surface area contributed by atoms with Crippen LogP contribution in [-0.4, -0.2) is 46.4 Å². The summed E-state index contributed by atoms with van der Waals surface area (Å²) in [6.07, 6.45) is 0.122. The molecule has 1 N–H and O–H groups in total. The number of carbonyl (C=O) groups is 1. The molecule has 0 radical (unpaired) electrons. The minimum atomic E-state index is -0.0342. The van der Waals surface area contributed by atoms with Crippen molar-refractivity contribution in [2.24, 2.45) is 7.05 Å². The van der Waals surface area contributed by atoms with E-state index in [-0.39, 0.29) is 18.1 Å². The number of aromatic nitrogens is 2. The summed E-state index contributed by atoms with van der Waals surface area (Å²) in [5.74, 6) is 0.683.